The molecule has 0 atom stereocenters. The zero-order chi connectivity index (χ0) is 18.4. The molecule has 0 N–H and O–H groups in total. The number of hydrogen-bond donors (Lipinski definition) is 0. The highest BCUT2D eigenvalue weighted by molar-refractivity contribution is 5.78. The van der Waals surface area contributed by atoms with Crippen molar-refractivity contribution in [3.8, 4) is 11.3 Å². The number of piperazine rings is 1. The van der Waals surface area contributed by atoms with Gasteiger partial charge < -0.3 is 14.2 Å². The van der Waals surface area contributed by atoms with Gasteiger partial charge in [-0.2, -0.15) is 0 Å². The molecule has 3 rings (SSSR count). The van der Waals surface area contributed by atoms with Gasteiger partial charge in [-0.05, 0) is 12.1 Å². The minimum atomic E-state index is -0.331. The number of nitrogens with zero attached hydrogens (tertiary/aromatic N) is 3. The molecule has 25 heavy (non-hydrogen) atoms. The maximum Gasteiger partial charge on any atom is 0.297 e. The second-order valence-electron chi connectivity index (χ2n) is 5.95. The van der Waals surface area contributed by atoms with Crippen molar-refractivity contribution < 1.29 is 13.6 Å². The van der Waals surface area contributed by atoms with E-state index in [0.717, 1.165) is 0 Å². The van der Waals surface area contributed by atoms with E-state index in [1.54, 1.807) is 24.4 Å². The molecule has 5 nitrogen and oxygen atoms in total. The van der Waals surface area contributed by atoms with Crippen molar-refractivity contribution in [2.45, 2.75) is 27.7 Å². The average molecular weight is 347 g/mol. The van der Waals surface area contributed by atoms with Gasteiger partial charge in [-0.1, -0.05) is 39.8 Å². The Morgan fingerprint density at radius 3 is 2.40 bits per heavy atom. The van der Waals surface area contributed by atoms with Gasteiger partial charge in [0, 0.05) is 32.1 Å². The number of carbonyl (C=O) groups is 1. The van der Waals surface area contributed by atoms with Gasteiger partial charge in [0.05, 0.1) is 11.8 Å². The summed E-state index contributed by atoms with van der Waals surface area (Å²) in [4.78, 5) is 20.1. The van der Waals surface area contributed by atoms with E-state index in [9.17, 15) is 9.18 Å². The molecule has 1 aliphatic rings. The highest BCUT2D eigenvalue weighted by Crippen LogP contribution is 2.27. The topological polar surface area (TPSA) is 49.6 Å². The highest BCUT2D eigenvalue weighted by Gasteiger charge is 2.25. The molecule has 0 radical (unpaired) electrons. The molecule has 1 aliphatic heterocycles. The number of anilines is 1. The fraction of sp³-hybridized carbons (Fsp3) is 0.474. The van der Waals surface area contributed by atoms with Gasteiger partial charge in [-0.15, -0.1) is 0 Å². The van der Waals surface area contributed by atoms with Crippen LogP contribution in [0.2, 0.25) is 0 Å². The van der Waals surface area contributed by atoms with Crippen LogP contribution in [0.3, 0.4) is 0 Å². The van der Waals surface area contributed by atoms with E-state index in [1.807, 2.05) is 37.5 Å². The van der Waals surface area contributed by atoms with Crippen molar-refractivity contribution >= 4 is 11.9 Å². The molecule has 1 aromatic carbocycles. The van der Waals surface area contributed by atoms with Crippen LogP contribution in [-0.2, 0) is 4.79 Å². The largest absolute Gasteiger partial charge is 0.423 e. The molecule has 0 unspecified atom stereocenters. The van der Waals surface area contributed by atoms with Crippen LogP contribution in [0.4, 0.5) is 10.4 Å². The molecular formula is C19H26FN3O2. The summed E-state index contributed by atoms with van der Waals surface area (Å²) in [6.07, 6.45) is 1.54. The first-order valence-electron chi connectivity index (χ1n) is 8.80. The van der Waals surface area contributed by atoms with E-state index < -0.39 is 0 Å². The highest BCUT2D eigenvalue weighted by atomic mass is 19.1. The first-order chi connectivity index (χ1) is 12.1. The molecule has 0 aliphatic carbocycles. The Kier molecular flexibility index (Phi) is 6.56. The third-order valence-corrected chi connectivity index (χ3v) is 3.99. The Morgan fingerprint density at radius 1 is 1.16 bits per heavy atom. The smallest absolute Gasteiger partial charge is 0.297 e. The number of hydrogen-bond acceptors (Lipinski definition) is 4. The molecular weight excluding hydrogens is 321 g/mol. The lowest BCUT2D eigenvalue weighted by atomic mass is 10.1. The summed E-state index contributed by atoms with van der Waals surface area (Å²) in [6, 6.07) is 6.94. The molecule has 1 aromatic heterocycles. The van der Waals surface area contributed by atoms with Crippen molar-refractivity contribution in [2.75, 3.05) is 31.1 Å². The molecule has 0 bridgehead atoms. The average Bonchev–Trinajstić information content (AvgIpc) is 3.13. The summed E-state index contributed by atoms with van der Waals surface area (Å²) in [5.74, 6) is 0.265. The van der Waals surface area contributed by atoms with Crippen molar-refractivity contribution in [1.29, 1.82) is 0 Å². The number of rotatable bonds is 3. The Hall–Kier alpha value is -2.37. The zero-order valence-electron chi connectivity index (χ0n) is 15.3. The van der Waals surface area contributed by atoms with E-state index in [4.69, 9.17) is 4.42 Å². The first kappa shape index (κ1) is 19.0. The van der Waals surface area contributed by atoms with Crippen LogP contribution in [0.15, 0.2) is 34.9 Å². The standard InChI is InChI=1S/C17H20FN3O2.C2H6/c1-12(2)16(22)20-7-9-21(10-8-20)17-19-11-15(23-17)13-5-3-4-6-14(13)18;1-2/h3-6,11-12H,7-10H2,1-2H3;1-2H3. The lowest BCUT2D eigenvalue weighted by Crippen LogP contribution is -2.50. The summed E-state index contributed by atoms with van der Waals surface area (Å²) in [7, 11) is 0. The number of benzene rings is 1. The van der Waals surface area contributed by atoms with Crippen LogP contribution < -0.4 is 4.90 Å². The van der Waals surface area contributed by atoms with Crippen LogP contribution in [0.1, 0.15) is 27.7 Å². The van der Waals surface area contributed by atoms with Crippen LogP contribution in [0.25, 0.3) is 11.3 Å². The van der Waals surface area contributed by atoms with Crippen LogP contribution in [0.5, 0.6) is 0 Å². The minimum Gasteiger partial charge on any atom is -0.423 e. The molecule has 1 amide bonds. The molecule has 1 saturated heterocycles. The summed E-state index contributed by atoms with van der Waals surface area (Å²) in [6.45, 7) is 10.4. The normalized spacial score (nSPS) is 14.3. The monoisotopic (exact) mass is 347 g/mol. The third kappa shape index (κ3) is 4.38. The van der Waals surface area contributed by atoms with Crippen molar-refractivity contribution in [3.05, 3.63) is 36.3 Å². The zero-order valence-corrected chi connectivity index (χ0v) is 15.3. The summed E-state index contributed by atoms with van der Waals surface area (Å²) >= 11 is 0. The summed E-state index contributed by atoms with van der Waals surface area (Å²) in [5.41, 5.74) is 0.403. The van der Waals surface area contributed by atoms with Crippen LogP contribution in [0, 0.1) is 11.7 Å². The van der Waals surface area contributed by atoms with Gasteiger partial charge in [0.15, 0.2) is 5.76 Å². The van der Waals surface area contributed by atoms with Crippen molar-refractivity contribution in [1.82, 2.24) is 9.88 Å². The fourth-order valence-corrected chi connectivity index (χ4v) is 2.68. The molecule has 2 heterocycles. The second kappa shape index (κ2) is 8.65. The molecule has 1 fully saturated rings. The Bertz CT molecular complexity index is 691. The van der Waals surface area contributed by atoms with Crippen LogP contribution >= 0.6 is 0 Å². The van der Waals surface area contributed by atoms with E-state index in [-0.39, 0.29) is 17.6 Å². The lowest BCUT2D eigenvalue weighted by molar-refractivity contribution is -0.134. The van der Waals surface area contributed by atoms with Gasteiger partial charge in [-0.3, -0.25) is 4.79 Å². The fourth-order valence-electron chi connectivity index (χ4n) is 2.68. The second-order valence-corrected chi connectivity index (χ2v) is 5.95. The van der Waals surface area contributed by atoms with E-state index in [1.165, 1.54) is 6.07 Å². The molecule has 2 aromatic rings. The Morgan fingerprint density at radius 2 is 1.80 bits per heavy atom. The maximum absolute atomic E-state index is 13.8. The van der Waals surface area contributed by atoms with Gasteiger partial charge in [0.1, 0.15) is 5.82 Å². The van der Waals surface area contributed by atoms with E-state index in [2.05, 4.69) is 4.98 Å². The summed E-state index contributed by atoms with van der Waals surface area (Å²) in [5, 5.41) is 0. The first-order valence-corrected chi connectivity index (χ1v) is 8.80. The molecule has 0 saturated carbocycles. The number of aromatic nitrogens is 1. The Labute approximate surface area is 148 Å². The molecule has 6 heteroatoms. The van der Waals surface area contributed by atoms with Crippen molar-refractivity contribution in [2.24, 2.45) is 5.92 Å². The number of amides is 1. The lowest BCUT2D eigenvalue weighted by Gasteiger charge is -2.34. The van der Waals surface area contributed by atoms with Crippen LogP contribution in [-0.4, -0.2) is 42.0 Å². The van der Waals surface area contributed by atoms with E-state index in [0.29, 0.717) is 43.5 Å². The van der Waals surface area contributed by atoms with Gasteiger partial charge >= 0.3 is 0 Å². The summed E-state index contributed by atoms with van der Waals surface area (Å²) < 4.78 is 19.5. The molecule has 136 valence electrons. The quantitative estimate of drug-likeness (QED) is 0.847. The molecule has 0 spiro atoms. The number of oxazole rings is 1. The number of halogens is 1. The SMILES string of the molecule is CC.CC(C)C(=O)N1CCN(c2ncc(-c3ccccc3F)o2)CC1. The minimum absolute atomic E-state index is 0.0101. The van der Waals surface area contributed by atoms with Gasteiger partial charge in [-0.25, -0.2) is 9.37 Å². The van der Waals surface area contributed by atoms with Gasteiger partial charge in [0.2, 0.25) is 5.91 Å². The van der Waals surface area contributed by atoms with Gasteiger partial charge in [0.25, 0.3) is 6.01 Å². The number of carbonyl (C=O) groups excluding carboxylic acids is 1. The predicted octanol–water partition coefficient (Wildman–Crippen LogP) is 3.81. The Balaban J connectivity index is 0.00000109. The van der Waals surface area contributed by atoms with Crippen molar-refractivity contribution in [3.63, 3.8) is 0 Å². The predicted molar refractivity (Wildman–Crippen MR) is 96.9 cm³/mol. The third-order valence-electron chi connectivity index (χ3n) is 3.99. The van der Waals surface area contributed by atoms with E-state index >= 15 is 0 Å². The maximum atomic E-state index is 13.8.